The molecule has 1 heterocycles. The molecule has 1 aliphatic heterocycles. The first-order valence-corrected chi connectivity index (χ1v) is 11.1. The fourth-order valence-corrected chi connectivity index (χ4v) is 4.25. The molecule has 1 aromatic rings. The van der Waals surface area contributed by atoms with Crippen LogP contribution in [0.15, 0.2) is 24.3 Å². The largest absolute Gasteiger partial charge is 0.354 e. The predicted molar refractivity (Wildman–Crippen MR) is 109 cm³/mol. The molecule has 1 fully saturated rings. The van der Waals surface area contributed by atoms with Gasteiger partial charge >= 0.3 is 10.2 Å². The van der Waals surface area contributed by atoms with E-state index in [1.54, 1.807) is 0 Å². The summed E-state index contributed by atoms with van der Waals surface area (Å²) in [5.74, 6) is -0.852. The van der Waals surface area contributed by atoms with Gasteiger partial charge in [0.05, 0.1) is 5.69 Å². The third-order valence-electron chi connectivity index (χ3n) is 4.81. The van der Waals surface area contributed by atoms with Gasteiger partial charge in [-0.3, -0.25) is 4.79 Å². The summed E-state index contributed by atoms with van der Waals surface area (Å²) < 4.78 is 40.4. The molecular formula is C19H31FN4O3S. The lowest BCUT2D eigenvalue weighted by Crippen LogP contribution is -2.46. The molecule has 1 aliphatic rings. The van der Waals surface area contributed by atoms with E-state index in [0.717, 1.165) is 34.7 Å². The molecule has 28 heavy (non-hydrogen) atoms. The number of nitrogens with one attached hydrogen (secondary N) is 1. The van der Waals surface area contributed by atoms with Crippen LogP contribution in [-0.4, -0.2) is 70.3 Å². The van der Waals surface area contributed by atoms with Crippen LogP contribution in [0, 0.1) is 5.82 Å². The van der Waals surface area contributed by atoms with E-state index in [0.29, 0.717) is 6.54 Å². The van der Waals surface area contributed by atoms with Crippen molar-refractivity contribution >= 4 is 21.8 Å². The normalized spacial score (nSPS) is 16.0. The topological polar surface area (TPSA) is 73.0 Å². The van der Waals surface area contributed by atoms with Crippen molar-refractivity contribution < 1.29 is 17.6 Å². The van der Waals surface area contributed by atoms with Gasteiger partial charge in [0.1, 0.15) is 12.4 Å². The Morgan fingerprint density at radius 2 is 1.71 bits per heavy atom. The lowest BCUT2D eigenvalue weighted by atomic mass is 10.2. The van der Waals surface area contributed by atoms with E-state index in [1.165, 1.54) is 64.0 Å². The highest BCUT2D eigenvalue weighted by Crippen LogP contribution is 2.19. The van der Waals surface area contributed by atoms with Gasteiger partial charge in [-0.05, 0) is 63.2 Å². The second kappa shape index (κ2) is 10.7. The smallest absolute Gasteiger partial charge is 0.304 e. The summed E-state index contributed by atoms with van der Waals surface area (Å²) >= 11 is 0. The maximum absolute atomic E-state index is 13.2. The van der Waals surface area contributed by atoms with Gasteiger partial charge in [-0.2, -0.15) is 12.7 Å². The molecule has 0 saturated carbocycles. The van der Waals surface area contributed by atoms with Gasteiger partial charge in [-0.15, -0.1) is 0 Å². The summed E-state index contributed by atoms with van der Waals surface area (Å²) in [6, 6.07) is 5.05. The Morgan fingerprint density at radius 3 is 2.29 bits per heavy atom. The maximum Gasteiger partial charge on any atom is 0.304 e. The van der Waals surface area contributed by atoms with Crippen LogP contribution in [0.1, 0.15) is 32.1 Å². The number of likely N-dealkylation sites (tertiary alicyclic amines) is 1. The summed E-state index contributed by atoms with van der Waals surface area (Å²) in [6.07, 6.45) is 5.84. The van der Waals surface area contributed by atoms with E-state index in [1.807, 2.05) is 0 Å². The molecule has 1 aromatic carbocycles. The monoisotopic (exact) mass is 414 g/mol. The van der Waals surface area contributed by atoms with Crippen LogP contribution in [0.5, 0.6) is 0 Å². The van der Waals surface area contributed by atoms with Gasteiger partial charge in [0, 0.05) is 20.6 Å². The number of anilines is 1. The second-order valence-electron chi connectivity index (χ2n) is 7.23. The van der Waals surface area contributed by atoms with E-state index in [-0.39, 0.29) is 18.1 Å². The van der Waals surface area contributed by atoms with Crippen molar-refractivity contribution in [3.63, 3.8) is 0 Å². The van der Waals surface area contributed by atoms with E-state index >= 15 is 0 Å². The highest BCUT2D eigenvalue weighted by Gasteiger charge is 2.27. The molecule has 158 valence electrons. The average Bonchev–Trinajstić information content (AvgIpc) is 2.93. The van der Waals surface area contributed by atoms with Crippen molar-refractivity contribution in [2.24, 2.45) is 0 Å². The minimum Gasteiger partial charge on any atom is -0.354 e. The molecule has 1 saturated heterocycles. The molecular weight excluding hydrogens is 383 g/mol. The average molecular weight is 415 g/mol. The van der Waals surface area contributed by atoms with E-state index in [4.69, 9.17) is 0 Å². The van der Waals surface area contributed by atoms with Crippen LogP contribution in [-0.2, 0) is 15.0 Å². The number of amides is 1. The Kier molecular flexibility index (Phi) is 8.65. The molecule has 7 nitrogen and oxygen atoms in total. The Balaban J connectivity index is 1.90. The van der Waals surface area contributed by atoms with Crippen LogP contribution in [0.25, 0.3) is 0 Å². The van der Waals surface area contributed by atoms with Crippen molar-refractivity contribution in [3.05, 3.63) is 30.1 Å². The van der Waals surface area contributed by atoms with Crippen molar-refractivity contribution in [1.29, 1.82) is 0 Å². The first kappa shape index (κ1) is 22.6. The van der Waals surface area contributed by atoms with Crippen LogP contribution in [0.2, 0.25) is 0 Å². The van der Waals surface area contributed by atoms with Gasteiger partial charge in [-0.1, -0.05) is 12.8 Å². The quantitative estimate of drug-likeness (QED) is 0.626. The first-order valence-electron chi connectivity index (χ1n) is 9.75. The van der Waals surface area contributed by atoms with E-state index in [2.05, 4.69) is 10.2 Å². The minimum absolute atomic E-state index is 0.245. The Labute approximate surface area is 167 Å². The van der Waals surface area contributed by atoms with Gasteiger partial charge in [0.25, 0.3) is 0 Å². The number of carbonyl (C=O) groups excluding carboxylic acids is 1. The van der Waals surface area contributed by atoms with Crippen LogP contribution in [0.4, 0.5) is 10.1 Å². The number of hydrogen-bond donors (Lipinski definition) is 1. The number of nitrogens with zero attached hydrogens (tertiary/aromatic N) is 3. The minimum atomic E-state index is -3.88. The third-order valence-corrected chi connectivity index (χ3v) is 6.63. The molecule has 2 rings (SSSR count). The zero-order chi connectivity index (χ0) is 20.6. The van der Waals surface area contributed by atoms with Crippen molar-refractivity contribution in [3.8, 4) is 0 Å². The molecule has 1 amide bonds. The number of halogens is 1. The zero-order valence-electron chi connectivity index (χ0n) is 16.7. The van der Waals surface area contributed by atoms with Gasteiger partial charge in [-0.25, -0.2) is 8.70 Å². The fraction of sp³-hybridized carbons (Fsp3) is 0.632. The molecule has 0 spiro atoms. The second-order valence-corrected chi connectivity index (χ2v) is 9.30. The van der Waals surface area contributed by atoms with Crippen molar-refractivity contribution in [1.82, 2.24) is 14.5 Å². The van der Waals surface area contributed by atoms with Gasteiger partial charge in [0.15, 0.2) is 0 Å². The summed E-state index contributed by atoms with van der Waals surface area (Å²) in [7, 11) is -1.09. The van der Waals surface area contributed by atoms with Gasteiger partial charge in [0.2, 0.25) is 5.91 Å². The molecule has 1 N–H and O–H groups in total. The maximum atomic E-state index is 13.2. The Bertz CT molecular complexity index is 717. The number of hydrogen-bond acceptors (Lipinski definition) is 4. The molecule has 0 unspecified atom stereocenters. The Hall–Kier alpha value is -1.71. The van der Waals surface area contributed by atoms with Crippen LogP contribution < -0.4 is 9.62 Å². The molecule has 0 atom stereocenters. The lowest BCUT2D eigenvalue weighted by Gasteiger charge is -2.27. The lowest BCUT2D eigenvalue weighted by molar-refractivity contribution is -0.119. The molecule has 0 radical (unpaired) electrons. The zero-order valence-corrected chi connectivity index (χ0v) is 17.5. The van der Waals surface area contributed by atoms with E-state index < -0.39 is 16.0 Å². The SMILES string of the molecule is CN(C)S(=O)(=O)N(CC(=O)NCCCN1CCCCCC1)c1ccc(F)cc1. The highest BCUT2D eigenvalue weighted by atomic mass is 32.2. The Morgan fingerprint density at radius 1 is 1.11 bits per heavy atom. The molecule has 0 bridgehead atoms. The predicted octanol–water partition coefficient (Wildman–Crippen LogP) is 1.82. The van der Waals surface area contributed by atoms with E-state index in [9.17, 15) is 17.6 Å². The standard InChI is InChI=1S/C19H31FN4O3S/c1-22(2)28(26,27)24(18-10-8-17(20)9-11-18)16-19(25)21-12-7-15-23-13-5-3-4-6-14-23/h8-11H,3-7,12-16H2,1-2H3,(H,21,25). The molecule has 0 aliphatic carbocycles. The number of carbonyl (C=O) groups is 1. The van der Waals surface area contributed by atoms with Crippen molar-refractivity contribution in [2.45, 2.75) is 32.1 Å². The fourth-order valence-electron chi connectivity index (χ4n) is 3.19. The van der Waals surface area contributed by atoms with Crippen LogP contribution in [0.3, 0.4) is 0 Å². The molecule has 9 heteroatoms. The molecule has 0 aromatic heterocycles. The van der Waals surface area contributed by atoms with Gasteiger partial charge < -0.3 is 10.2 Å². The summed E-state index contributed by atoms with van der Waals surface area (Å²) in [5, 5.41) is 2.80. The first-order chi connectivity index (χ1) is 13.3. The van der Waals surface area contributed by atoms with Crippen LogP contribution >= 0.6 is 0 Å². The number of benzene rings is 1. The van der Waals surface area contributed by atoms with Crippen molar-refractivity contribution in [2.75, 3.05) is 51.1 Å². The summed E-state index contributed by atoms with van der Waals surface area (Å²) in [4.78, 5) is 14.8. The highest BCUT2D eigenvalue weighted by molar-refractivity contribution is 7.90. The summed E-state index contributed by atoms with van der Waals surface area (Å²) in [6.45, 7) is 3.28. The summed E-state index contributed by atoms with van der Waals surface area (Å²) in [5.41, 5.74) is 0.245. The third kappa shape index (κ3) is 6.72. The number of rotatable bonds is 9.